The third-order valence-corrected chi connectivity index (χ3v) is 5.50. The van der Waals surface area contributed by atoms with Crippen LogP contribution in [-0.2, 0) is 11.2 Å². The van der Waals surface area contributed by atoms with Crippen molar-refractivity contribution in [3.05, 3.63) is 64.6 Å². The molecule has 0 aliphatic rings. The normalized spacial score (nSPS) is 10.9. The van der Waals surface area contributed by atoms with Crippen LogP contribution in [0.15, 0.2) is 53.9 Å². The van der Waals surface area contributed by atoms with E-state index in [9.17, 15) is 4.79 Å². The Hall–Kier alpha value is -3.10. The molecule has 1 amide bonds. The van der Waals surface area contributed by atoms with E-state index < -0.39 is 0 Å². The second kappa shape index (κ2) is 9.15. The Labute approximate surface area is 182 Å². The molecule has 1 N–H and O–H groups in total. The summed E-state index contributed by atoms with van der Waals surface area (Å²) in [4.78, 5) is 17.4. The van der Waals surface area contributed by atoms with Crippen LogP contribution in [0.4, 0.5) is 0 Å². The lowest BCUT2D eigenvalue weighted by Gasteiger charge is -2.07. The van der Waals surface area contributed by atoms with Gasteiger partial charge in [-0.25, -0.2) is 4.52 Å². The first-order valence-corrected chi connectivity index (χ1v) is 10.5. The number of rotatable bonds is 8. The van der Waals surface area contributed by atoms with E-state index >= 15 is 0 Å². The molecule has 0 saturated heterocycles. The highest BCUT2D eigenvalue weighted by Gasteiger charge is 2.12. The number of methoxy groups -OCH3 is 1. The quantitative estimate of drug-likeness (QED) is 0.448. The van der Waals surface area contributed by atoms with E-state index in [4.69, 9.17) is 21.1 Å². The van der Waals surface area contributed by atoms with Crippen molar-refractivity contribution in [2.45, 2.75) is 6.42 Å². The maximum absolute atomic E-state index is 12.0. The third-order valence-electron chi connectivity index (χ3n) is 4.38. The van der Waals surface area contributed by atoms with Crippen molar-refractivity contribution in [2.24, 2.45) is 0 Å². The Kier molecular flexibility index (Phi) is 6.15. The number of halogens is 1. The number of nitrogens with one attached hydrogen (secondary N) is 1. The molecule has 2 aromatic carbocycles. The highest BCUT2D eigenvalue weighted by molar-refractivity contribution is 7.15. The number of nitrogens with zero attached hydrogens (tertiary/aromatic N) is 3. The van der Waals surface area contributed by atoms with E-state index in [0.29, 0.717) is 29.6 Å². The summed E-state index contributed by atoms with van der Waals surface area (Å²) >= 11 is 7.35. The van der Waals surface area contributed by atoms with E-state index in [1.165, 1.54) is 11.3 Å². The van der Waals surface area contributed by atoms with E-state index in [-0.39, 0.29) is 12.5 Å². The van der Waals surface area contributed by atoms with Gasteiger partial charge in [-0.15, -0.1) is 16.4 Å². The van der Waals surface area contributed by atoms with E-state index in [1.807, 2.05) is 34.2 Å². The summed E-state index contributed by atoms with van der Waals surface area (Å²) in [6.07, 6.45) is 0.637. The first-order chi connectivity index (χ1) is 14.6. The molecular formula is C21H19ClN4O3S. The van der Waals surface area contributed by atoms with Crippen LogP contribution in [-0.4, -0.2) is 40.8 Å². The molecule has 2 aromatic heterocycles. The van der Waals surface area contributed by atoms with Gasteiger partial charge in [0.2, 0.25) is 4.96 Å². The van der Waals surface area contributed by atoms with Gasteiger partial charge in [0.15, 0.2) is 12.4 Å². The molecule has 7 nitrogen and oxygen atoms in total. The van der Waals surface area contributed by atoms with Crippen molar-refractivity contribution in [3.63, 3.8) is 0 Å². The Morgan fingerprint density at radius 1 is 1.13 bits per heavy atom. The maximum atomic E-state index is 12.0. The van der Waals surface area contributed by atoms with Crippen LogP contribution in [0.1, 0.15) is 5.69 Å². The maximum Gasteiger partial charge on any atom is 0.257 e. The fourth-order valence-corrected chi connectivity index (χ4v) is 3.80. The molecule has 4 aromatic rings. The molecule has 0 radical (unpaired) electrons. The second-order valence-electron chi connectivity index (χ2n) is 6.43. The molecule has 0 spiro atoms. The number of fused-ring (bicyclic) bond motifs is 1. The number of hydrogen-bond donors (Lipinski definition) is 1. The van der Waals surface area contributed by atoms with Crippen molar-refractivity contribution >= 4 is 33.8 Å². The molecule has 0 atom stereocenters. The molecular weight excluding hydrogens is 424 g/mol. The van der Waals surface area contributed by atoms with Gasteiger partial charge in [0.25, 0.3) is 5.91 Å². The second-order valence-corrected chi connectivity index (χ2v) is 7.70. The minimum absolute atomic E-state index is 0.0500. The molecule has 30 heavy (non-hydrogen) atoms. The predicted molar refractivity (Wildman–Crippen MR) is 117 cm³/mol. The summed E-state index contributed by atoms with van der Waals surface area (Å²) in [7, 11) is 1.63. The zero-order valence-corrected chi connectivity index (χ0v) is 17.7. The van der Waals surface area contributed by atoms with Crippen molar-refractivity contribution in [2.75, 3.05) is 20.3 Å². The number of carbonyl (C=O) groups is 1. The standard InChI is InChI=1S/C21H19ClN4O3S/c1-28-17-6-2-14(3-7-17)20-24-21-26(25-20)16(13-30-21)10-11-23-19(27)12-29-18-8-4-15(22)5-9-18/h2-9,13H,10-12H2,1H3,(H,23,27). The van der Waals surface area contributed by atoms with Gasteiger partial charge in [-0.2, -0.15) is 4.98 Å². The summed E-state index contributed by atoms with van der Waals surface area (Å²) in [6.45, 7) is 0.429. The molecule has 0 aliphatic carbocycles. The average Bonchev–Trinajstić information content (AvgIpc) is 3.35. The van der Waals surface area contributed by atoms with E-state index in [2.05, 4.69) is 15.4 Å². The van der Waals surface area contributed by atoms with Gasteiger partial charge in [0.05, 0.1) is 12.8 Å². The zero-order chi connectivity index (χ0) is 20.9. The highest BCUT2D eigenvalue weighted by Crippen LogP contribution is 2.23. The largest absolute Gasteiger partial charge is 0.497 e. The SMILES string of the molecule is COc1ccc(-c2nc3scc(CCNC(=O)COc4ccc(Cl)cc4)n3n2)cc1. The molecule has 0 bridgehead atoms. The summed E-state index contributed by atoms with van der Waals surface area (Å²) in [6, 6.07) is 14.5. The number of ether oxygens (including phenoxy) is 2. The lowest BCUT2D eigenvalue weighted by atomic mass is 10.2. The number of carbonyl (C=O) groups excluding carboxylic acids is 1. The monoisotopic (exact) mass is 442 g/mol. The topological polar surface area (TPSA) is 77.8 Å². The Bertz CT molecular complexity index is 1140. The third kappa shape index (κ3) is 4.72. The van der Waals surface area contributed by atoms with Gasteiger partial charge >= 0.3 is 0 Å². The summed E-state index contributed by atoms with van der Waals surface area (Å²) in [5.41, 5.74) is 1.91. The molecule has 0 unspecified atom stereocenters. The number of benzene rings is 2. The molecule has 2 heterocycles. The Morgan fingerprint density at radius 2 is 1.87 bits per heavy atom. The minimum Gasteiger partial charge on any atom is -0.497 e. The molecule has 9 heteroatoms. The summed E-state index contributed by atoms with van der Waals surface area (Å²) < 4.78 is 12.5. The van der Waals surface area contributed by atoms with Gasteiger partial charge < -0.3 is 14.8 Å². The van der Waals surface area contributed by atoms with Crippen LogP contribution in [0.25, 0.3) is 16.3 Å². The van der Waals surface area contributed by atoms with Gasteiger partial charge in [-0.1, -0.05) is 11.6 Å². The fourth-order valence-electron chi connectivity index (χ4n) is 2.82. The Balaban J connectivity index is 1.32. The van der Waals surface area contributed by atoms with Crippen LogP contribution >= 0.6 is 22.9 Å². The zero-order valence-electron chi connectivity index (χ0n) is 16.2. The smallest absolute Gasteiger partial charge is 0.257 e. The molecule has 154 valence electrons. The number of aromatic nitrogens is 3. The van der Waals surface area contributed by atoms with Crippen molar-refractivity contribution in [3.8, 4) is 22.9 Å². The van der Waals surface area contributed by atoms with Gasteiger partial charge in [-0.05, 0) is 48.5 Å². The fraction of sp³-hybridized carbons (Fsp3) is 0.190. The first-order valence-electron chi connectivity index (χ1n) is 9.25. The Morgan fingerprint density at radius 3 is 2.60 bits per heavy atom. The first kappa shape index (κ1) is 20.2. The van der Waals surface area contributed by atoms with E-state index in [0.717, 1.165) is 22.0 Å². The van der Waals surface area contributed by atoms with Gasteiger partial charge in [-0.3, -0.25) is 4.79 Å². The molecule has 0 fully saturated rings. The number of amides is 1. The average molecular weight is 443 g/mol. The van der Waals surface area contributed by atoms with Crippen LogP contribution in [0.5, 0.6) is 11.5 Å². The van der Waals surface area contributed by atoms with Crippen LogP contribution in [0, 0.1) is 0 Å². The highest BCUT2D eigenvalue weighted by atomic mass is 35.5. The molecule has 4 rings (SSSR count). The van der Waals surface area contributed by atoms with Gasteiger partial charge in [0.1, 0.15) is 11.5 Å². The van der Waals surface area contributed by atoms with Crippen molar-refractivity contribution in [1.82, 2.24) is 19.9 Å². The number of hydrogen-bond acceptors (Lipinski definition) is 6. The number of thiazole rings is 1. The lowest BCUT2D eigenvalue weighted by molar-refractivity contribution is -0.123. The van der Waals surface area contributed by atoms with Crippen LogP contribution < -0.4 is 14.8 Å². The van der Waals surface area contributed by atoms with Crippen LogP contribution in [0.3, 0.4) is 0 Å². The summed E-state index contributed by atoms with van der Waals surface area (Å²) in [5, 5.41) is 10.1. The van der Waals surface area contributed by atoms with Crippen molar-refractivity contribution < 1.29 is 14.3 Å². The minimum atomic E-state index is -0.186. The van der Waals surface area contributed by atoms with Crippen LogP contribution in [0.2, 0.25) is 5.02 Å². The van der Waals surface area contributed by atoms with Gasteiger partial charge in [0, 0.05) is 28.9 Å². The summed E-state index contributed by atoms with van der Waals surface area (Å²) in [5.74, 6) is 1.86. The molecule has 0 saturated carbocycles. The lowest BCUT2D eigenvalue weighted by Crippen LogP contribution is -2.30. The predicted octanol–water partition coefficient (Wildman–Crippen LogP) is 3.86. The molecule has 0 aliphatic heterocycles. The van der Waals surface area contributed by atoms with Crippen molar-refractivity contribution in [1.29, 1.82) is 0 Å². The van der Waals surface area contributed by atoms with E-state index in [1.54, 1.807) is 31.4 Å².